The van der Waals surface area contributed by atoms with E-state index in [1.54, 1.807) is 6.92 Å². The molecule has 7 nitrogen and oxygen atoms in total. The van der Waals surface area contributed by atoms with E-state index in [9.17, 15) is 26.7 Å². The molecule has 0 aromatic heterocycles. The third kappa shape index (κ3) is 5.75. The summed E-state index contributed by atoms with van der Waals surface area (Å²) in [6, 6.07) is 4.63. The molecule has 2 aromatic rings. The summed E-state index contributed by atoms with van der Waals surface area (Å²) in [5.41, 5.74) is -0.757. The first-order valence-electron chi connectivity index (χ1n) is 8.46. The Morgan fingerprint density at radius 1 is 1.14 bits per heavy atom. The van der Waals surface area contributed by atoms with Crippen LogP contribution in [0.25, 0.3) is 0 Å². The van der Waals surface area contributed by atoms with Gasteiger partial charge in [-0.1, -0.05) is 6.07 Å². The molecule has 0 aliphatic rings. The maximum Gasteiger partial charge on any atom is 0.233 e. The van der Waals surface area contributed by atoms with E-state index in [0.29, 0.717) is 11.6 Å². The summed E-state index contributed by atoms with van der Waals surface area (Å²) in [5, 5.41) is 20.5. The van der Waals surface area contributed by atoms with Crippen LogP contribution < -0.4 is 14.8 Å². The number of sulfonamides is 1. The van der Waals surface area contributed by atoms with E-state index in [1.165, 1.54) is 12.1 Å². The quantitative estimate of drug-likeness (QED) is 0.483. The molecule has 0 amide bonds. The van der Waals surface area contributed by atoms with Crippen LogP contribution >= 0.6 is 0 Å². The Hall–Kier alpha value is -2.50. The van der Waals surface area contributed by atoms with Crippen molar-refractivity contribution < 1.29 is 36.5 Å². The van der Waals surface area contributed by atoms with Gasteiger partial charge in [0.05, 0.1) is 31.3 Å². The van der Waals surface area contributed by atoms with Crippen molar-refractivity contribution in [2.45, 2.75) is 19.4 Å². The van der Waals surface area contributed by atoms with Crippen molar-refractivity contribution in [3.63, 3.8) is 0 Å². The molecule has 160 valence electrons. The van der Waals surface area contributed by atoms with Crippen molar-refractivity contribution in [1.29, 1.82) is 0 Å². The molecule has 0 unspecified atom stereocenters. The van der Waals surface area contributed by atoms with E-state index in [4.69, 9.17) is 9.84 Å². The zero-order valence-corrected chi connectivity index (χ0v) is 16.5. The molecule has 1 atom stereocenters. The fourth-order valence-corrected chi connectivity index (χ4v) is 3.63. The van der Waals surface area contributed by atoms with E-state index >= 15 is 0 Å². The van der Waals surface area contributed by atoms with E-state index in [0.717, 1.165) is 13.2 Å². The van der Waals surface area contributed by atoms with Gasteiger partial charge in [-0.05, 0) is 31.0 Å². The molecule has 0 heterocycles. The van der Waals surface area contributed by atoms with Crippen LogP contribution in [0.1, 0.15) is 12.0 Å². The van der Waals surface area contributed by atoms with Crippen LogP contribution in [-0.2, 0) is 10.0 Å². The first-order valence-corrected chi connectivity index (χ1v) is 10.1. The molecule has 11 heteroatoms. The minimum absolute atomic E-state index is 0.210. The molecule has 4 N–H and O–H groups in total. The maximum atomic E-state index is 14.5. The normalized spacial score (nSPS) is 12.5. The lowest BCUT2D eigenvalue weighted by atomic mass is 10.2. The second kappa shape index (κ2) is 9.33. The minimum atomic E-state index is -4.16. The van der Waals surface area contributed by atoms with Gasteiger partial charge in [-0.15, -0.1) is 0 Å². The lowest BCUT2D eigenvalue weighted by Crippen LogP contribution is -2.23. The molecule has 0 saturated carbocycles. The SMILES string of the molecule is COc1cc(F)c(F)c(Nc2ccc(C)cc2F)c1NS(=O)(=O)CC[C@H](O)CO. The largest absolute Gasteiger partial charge is 0.494 e. The molecular formula is C18H21F3N2O5S. The van der Waals surface area contributed by atoms with Gasteiger partial charge in [-0.3, -0.25) is 4.72 Å². The highest BCUT2D eigenvalue weighted by atomic mass is 32.2. The van der Waals surface area contributed by atoms with E-state index < -0.39 is 57.3 Å². The summed E-state index contributed by atoms with van der Waals surface area (Å²) < 4.78 is 74.3. The number of rotatable bonds is 9. The number of hydrogen-bond donors (Lipinski definition) is 4. The third-order valence-electron chi connectivity index (χ3n) is 3.98. The number of anilines is 3. The summed E-state index contributed by atoms with van der Waals surface area (Å²) >= 11 is 0. The zero-order chi connectivity index (χ0) is 21.8. The van der Waals surface area contributed by atoms with Crippen LogP contribution in [0.2, 0.25) is 0 Å². The van der Waals surface area contributed by atoms with Crippen molar-refractivity contribution in [1.82, 2.24) is 0 Å². The Morgan fingerprint density at radius 3 is 2.41 bits per heavy atom. The van der Waals surface area contributed by atoms with E-state index in [2.05, 4.69) is 10.0 Å². The summed E-state index contributed by atoms with van der Waals surface area (Å²) in [6.07, 6.45) is -1.56. The first-order chi connectivity index (χ1) is 13.6. The molecule has 0 aliphatic heterocycles. The molecular weight excluding hydrogens is 413 g/mol. The molecule has 2 aromatic carbocycles. The number of halogens is 3. The second-order valence-electron chi connectivity index (χ2n) is 6.28. The van der Waals surface area contributed by atoms with Crippen LogP contribution in [0.4, 0.5) is 30.2 Å². The summed E-state index contributed by atoms with van der Waals surface area (Å²) in [7, 11) is -3.04. The Morgan fingerprint density at radius 2 is 1.83 bits per heavy atom. The van der Waals surface area contributed by atoms with Crippen LogP contribution in [0.15, 0.2) is 24.3 Å². The van der Waals surface area contributed by atoms with Crippen molar-refractivity contribution in [2.24, 2.45) is 0 Å². The molecule has 0 fully saturated rings. The van der Waals surface area contributed by atoms with Gasteiger partial charge in [0.1, 0.15) is 22.9 Å². The van der Waals surface area contributed by atoms with Gasteiger partial charge < -0.3 is 20.3 Å². The highest BCUT2D eigenvalue weighted by molar-refractivity contribution is 7.92. The minimum Gasteiger partial charge on any atom is -0.494 e. The lowest BCUT2D eigenvalue weighted by molar-refractivity contribution is 0.0929. The lowest BCUT2D eigenvalue weighted by Gasteiger charge is -2.19. The van der Waals surface area contributed by atoms with Gasteiger partial charge in [0.25, 0.3) is 0 Å². The summed E-state index contributed by atoms with van der Waals surface area (Å²) in [6.45, 7) is 1.00. The first kappa shape index (κ1) is 22.8. The topological polar surface area (TPSA) is 108 Å². The number of methoxy groups -OCH3 is 1. The molecule has 0 spiro atoms. The van der Waals surface area contributed by atoms with E-state index in [-0.39, 0.29) is 17.9 Å². The van der Waals surface area contributed by atoms with Gasteiger partial charge in [-0.25, -0.2) is 21.6 Å². The highest BCUT2D eigenvalue weighted by Gasteiger charge is 2.24. The van der Waals surface area contributed by atoms with Crippen LogP contribution in [0.5, 0.6) is 5.75 Å². The summed E-state index contributed by atoms with van der Waals surface area (Å²) in [5.74, 6) is -4.50. The molecule has 0 aliphatic carbocycles. The molecule has 0 saturated heterocycles. The number of hydrogen-bond acceptors (Lipinski definition) is 6. The fourth-order valence-electron chi connectivity index (χ4n) is 2.43. The molecule has 2 rings (SSSR count). The number of aliphatic hydroxyl groups is 2. The second-order valence-corrected chi connectivity index (χ2v) is 8.12. The Kier molecular flexibility index (Phi) is 7.33. The zero-order valence-electron chi connectivity index (χ0n) is 15.7. The van der Waals surface area contributed by atoms with Crippen molar-refractivity contribution in [3.8, 4) is 5.75 Å². The summed E-state index contributed by atoms with van der Waals surface area (Å²) in [4.78, 5) is 0. The number of ether oxygens (including phenoxy) is 1. The highest BCUT2D eigenvalue weighted by Crippen LogP contribution is 2.39. The number of benzene rings is 2. The van der Waals surface area contributed by atoms with Gasteiger partial charge in [0.15, 0.2) is 11.6 Å². The predicted molar refractivity (Wildman–Crippen MR) is 102 cm³/mol. The number of nitrogens with one attached hydrogen (secondary N) is 2. The average Bonchev–Trinajstić information content (AvgIpc) is 2.67. The van der Waals surface area contributed by atoms with Gasteiger partial charge in [0.2, 0.25) is 10.0 Å². The fraction of sp³-hybridized carbons (Fsp3) is 0.333. The van der Waals surface area contributed by atoms with E-state index in [1.807, 2.05) is 0 Å². The van der Waals surface area contributed by atoms with Crippen molar-refractivity contribution in [2.75, 3.05) is 29.5 Å². The van der Waals surface area contributed by atoms with Crippen LogP contribution in [0, 0.1) is 24.4 Å². The van der Waals surface area contributed by atoms with Crippen LogP contribution in [0.3, 0.4) is 0 Å². The van der Waals surface area contributed by atoms with Crippen LogP contribution in [-0.4, -0.2) is 44.2 Å². The van der Waals surface area contributed by atoms with Gasteiger partial charge in [0, 0.05) is 6.07 Å². The monoisotopic (exact) mass is 434 g/mol. The Balaban J connectivity index is 2.48. The number of aryl methyl sites for hydroxylation is 1. The maximum absolute atomic E-state index is 14.5. The Bertz CT molecular complexity index is 986. The average molecular weight is 434 g/mol. The van der Waals surface area contributed by atoms with Gasteiger partial charge in [-0.2, -0.15) is 0 Å². The van der Waals surface area contributed by atoms with Crippen molar-refractivity contribution in [3.05, 3.63) is 47.3 Å². The standard InChI is InChI=1S/C18H21F3N2O5S/c1-10-3-4-14(12(19)7-10)22-18-16(21)13(20)8-15(28-2)17(18)23-29(26,27)6-5-11(25)9-24/h3-4,7-8,11,22-25H,5-6,9H2,1-2H3/t11-/m0/s1. The third-order valence-corrected chi connectivity index (χ3v) is 5.26. The molecule has 0 bridgehead atoms. The van der Waals surface area contributed by atoms with Gasteiger partial charge >= 0.3 is 0 Å². The van der Waals surface area contributed by atoms with Crippen molar-refractivity contribution >= 4 is 27.1 Å². The molecule has 29 heavy (non-hydrogen) atoms. The molecule has 0 radical (unpaired) electrons. The smallest absolute Gasteiger partial charge is 0.233 e. The number of aliphatic hydroxyl groups excluding tert-OH is 2. The predicted octanol–water partition coefficient (Wildman–Crippen LogP) is 2.65. The Labute approximate surface area is 166 Å².